The zero-order valence-corrected chi connectivity index (χ0v) is 11.5. The molecule has 0 aromatic rings. The van der Waals surface area contributed by atoms with E-state index in [0.29, 0.717) is 44.8 Å². The summed E-state index contributed by atoms with van der Waals surface area (Å²) in [6.45, 7) is 5.32. The summed E-state index contributed by atoms with van der Waals surface area (Å²) in [7, 11) is 0. The molecule has 0 spiro atoms. The molecule has 0 aromatic carbocycles. The Balaban J connectivity index is 2.24. The fourth-order valence-electron chi connectivity index (χ4n) is 2.57. The van der Waals surface area contributed by atoms with E-state index in [1.165, 1.54) is 0 Å². The summed E-state index contributed by atoms with van der Waals surface area (Å²) in [6, 6.07) is 0. The SMILES string of the molecule is CCCC(C)COCC1(O)CCC(C(=O)O)CC1. The molecule has 106 valence electrons. The van der Waals surface area contributed by atoms with E-state index in [0.717, 1.165) is 12.8 Å². The van der Waals surface area contributed by atoms with Crippen LogP contribution in [0.25, 0.3) is 0 Å². The van der Waals surface area contributed by atoms with Crippen molar-refractivity contribution in [2.24, 2.45) is 11.8 Å². The number of aliphatic hydroxyl groups is 1. The maximum atomic E-state index is 10.8. The van der Waals surface area contributed by atoms with Crippen LogP contribution in [0.5, 0.6) is 0 Å². The normalized spacial score (nSPS) is 30.1. The first-order valence-corrected chi connectivity index (χ1v) is 7.00. The number of ether oxygens (including phenoxy) is 1. The molecule has 0 bridgehead atoms. The summed E-state index contributed by atoms with van der Waals surface area (Å²) in [4.78, 5) is 10.8. The molecule has 0 aliphatic heterocycles. The van der Waals surface area contributed by atoms with E-state index in [1.54, 1.807) is 0 Å². The lowest BCUT2D eigenvalue weighted by atomic mass is 9.79. The Bertz CT molecular complexity index is 257. The van der Waals surface area contributed by atoms with Gasteiger partial charge in [-0.15, -0.1) is 0 Å². The molecule has 0 amide bonds. The molecule has 0 radical (unpaired) electrons. The first kappa shape index (κ1) is 15.4. The molecule has 1 unspecified atom stereocenters. The molecule has 0 aromatic heterocycles. The topological polar surface area (TPSA) is 66.8 Å². The first-order valence-electron chi connectivity index (χ1n) is 7.00. The van der Waals surface area contributed by atoms with Crippen LogP contribution in [0.4, 0.5) is 0 Å². The molecule has 1 aliphatic carbocycles. The third-order valence-corrected chi connectivity index (χ3v) is 3.82. The maximum Gasteiger partial charge on any atom is 0.306 e. The van der Waals surface area contributed by atoms with Gasteiger partial charge in [-0.1, -0.05) is 20.3 Å². The molecular formula is C14H26O4. The largest absolute Gasteiger partial charge is 0.481 e. The van der Waals surface area contributed by atoms with E-state index in [-0.39, 0.29) is 5.92 Å². The smallest absolute Gasteiger partial charge is 0.306 e. The summed E-state index contributed by atoms with van der Waals surface area (Å²) in [5, 5.41) is 19.2. The van der Waals surface area contributed by atoms with Gasteiger partial charge in [0, 0.05) is 6.61 Å². The number of rotatable bonds is 7. The summed E-state index contributed by atoms with van der Waals surface area (Å²) in [5.41, 5.74) is -0.808. The van der Waals surface area contributed by atoms with E-state index in [2.05, 4.69) is 13.8 Å². The van der Waals surface area contributed by atoms with Gasteiger partial charge in [0.2, 0.25) is 0 Å². The van der Waals surface area contributed by atoms with Crippen molar-refractivity contribution >= 4 is 5.97 Å². The number of carboxylic acids is 1. The third kappa shape index (κ3) is 4.94. The van der Waals surface area contributed by atoms with Crippen molar-refractivity contribution in [1.82, 2.24) is 0 Å². The second-order valence-electron chi connectivity index (χ2n) is 5.75. The van der Waals surface area contributed by atoms with E-state index >= 15 is 0 Å². The molecule has 4 heteroatoms. The van der Waals surface area contributed by atoms with E-state index in [4.69, 9.17) is 9.84 Å². The van der Waals surface area contributed by atoms with Gasteiger partial charge in [-0.3, -0.25) is 4.79 Å². The van der Waals surface area contributed by atoms with Crippen LogP contribution in [0, 0.1) is 11.8 Å². The van der Waals surface area contributed by atoms with Crippen LogP contribution in [0.2, 0.25) is 0 Å². The fourth-order valence-corrected chi connectivity index (χ4v) is 2.57. The molecule has 1 atom stereocenters. The average molecular weight is 258 g/mol. The van der Waals surface area contributed by atoms with Crippen molar-refractivity contribution < 1.29 is 19.7 Å². The van der Waals surface area contributed by atoms with Gasteiger partial charge in [-0.25, -0.2) is 0 Å². The Kier molecular flexibility index (Phi) is 6.09. The Hall–Kier alpha value is -0.610. The van der Waals surface area contributed by atoms with E-state index in [9.17, 15) is 9.90 Å². The molecule has 18 heavy (non-hydrogen) atoms. The van der Waals surface area contributed by atoms with Crippen molar-refractivity contribution in [3.8, 4) is 0 Å². The zero-order valence-electron chi connectivity index (χ0n) is 11.5. The second kappa shape index (κ2) is 7.10. The monoisotopic (exact) mass is 258 g/mol. The summed E-state index contributed by atoms with van der Waals surface area (Å²) < 4.78 is 5.59. The Morgan fingerprint density at radius 1 is 1.44 bits per heavy atom. The lowest BCUT2D eigenvalue weighted by Crippen LogP contribution is -2.40. The van der Waals surface area contributed by atoms with E-state index < -0.39 is 11.6 Å². The van der Waals surface area contributed by atoms with Gasteiger partial charge >= 0.3 is 5.97 Å². The minimum atomic E-state index is -0.808. The molecule has 0 heterocycles. The van der Waals surface area contributed by atoms with Crippen molar-refractivity contribution in [1.29, 1.82) is 0 Å². The Morgan fingerprint density at radius 2 is 2.06 bits per heavy atom. The average Bonchev–Trinajstić information content (AvgIpc) is 2.29. The number of carboxylic acid groups (broad SMARTS) is 1. The van der Waals surface area contributed by atoms with Crippen LogP contribution in [0.3, 0.4) is 0 Å². The van der Waals surface area contributed by atoms with Crippen LogP contribution in [0.15, 0.2) is 0 Å². The molecule has 1 rings (SSSR count). The fraction of sp³-hybridized carbons (Fsp3) is 0.929. The number of hydrogen-bond donors (Lipinski definition) is 2. The molecule has 1 fully saturated rings. The summed E-state index contributed by atoms with van der Waals surface area (Å²) in [5.74, 6) is -0.507. The third-order valence-electron chi connectivity index (χ3n) is 3.82. The first-order chi connectivity index (χ1) is 8.47. The number of carbonyl (C=O) groups is 1. The van der Waals surface area contributed by atoms with Crippen LogP contribution in [-0.4, -0.2) is 35.0 Å². The molecule has 1 saturated carbocycles. The molecule has 2 N–H and O–H groups in total. The van der Waals surface area contributed by atoms with Gasteiger partial charge in [0.1, 0.15) is 0 Å². The highest BCUT2D eigenvalue weighted by molar-refractivity contribution is 5.70. The predicted molar refractivity (Wildman–Crippen MR) is 69.4 cm³/mol. The maximum absolute atomic E-state index is 10.8. The lowest BCUT2D eigenvalue weighted by molar-refractivity contribution is -0.146. The van der Waals surface area contributed by atoms with Gasteiger partial charge in [0.05, 0.1) is 18.1 Å². The molecule has 4 nitrogen and oxygen atoms in total. The van der Waals surface area contributed by atoms with Crippen LogP contribution < -0.4 is 0 Å². The van der Waals surface area contributed by atoms with Gasteiger partial charge in [0.25, 0.3) is 0 Å². The highest BCUT2D eigenvalue weighted by Crippen LogP contribution is 2.32. The lowest BCUT2D eigenvalue weighted by Gasteiger charge is -2.34. The van der Waals surface area contributed by atoms with Gasteiger partial charge in [0.15, 0.2) is 0 Å². The van der Waals surface area contributed by atoms with E-state index in [1.807, 2.05) is 0 Å². The highest BCUT2D eigenvalue weighted by Gasteiger charge is 2.35. The highest BCUT2D eigenvalue weighted by atomic mass is 16.5. The van der Waals surface area contributed by atoms with Crippen LogP contribution >= 0.6 is 0 Å². The summed E-state index contributed by atoms with van der Waals surface area (Å²) >= 11 is 0. The predicted octanol–water partition coefficient (Wildman–Crippen LogP) is 2.45. The van der Waals surface area contributed by atoms with Gasteiger partial charge in [-0.05, 0) is 38.0 Å². The number of hydrogen-bond acceptors (Lipinski definition) is 3. The Labute approximate surface area is 109 Å². The summed E-state index contributed by atoms with van der Waals surface area (Å²) in [6.07, 6.45) is 4.46. The van der Waals surface area contributed by atoms with Crippen molar-refractivity contribution in [2.45, 2.75) is 58.0 Å². The Morgan fingerprint density at radius 3 is 2.56 bits per heavy atom. The van der Waals surface area contributed by atoms with Crippen molar-refractivity contribution in [2.75, 3.05) is 13.2 Å². The van der Waals surface area contributed by atoms with Gasteiger partial charge in [-0.2, -0.15) is 0 Å². The molecule has 1 aliphatic rings. The van der Waals surface area contributed by atoms with Gasteiger partial charge < -0.3 is 14.9 Å². The number of aliphatic carboxylic acids is 1. The van der Waals surface area contributed by atoms with Crippen molar-refractivity contribution in [3.05, 3.63) is 0 Å². The van der Waals surface area contributed by atoms with Crippen LogP contribution in [-0.2, 0) is 9.53 Å². The second-order valence-corrected chi connectivity index (χ2v) is 5.75. The molecule has 0 saturated heterocycles. The minimum Gasteiger partial charge on any atom is -0.481 e. The minimum absolute atomic E-state index is 0.288. The van der Waals surface area contributed by atoms with Crippen LogP contribution in [0.1, 0.15) is 52.4 Å². The standard InChI is InChI=1S/C14H26O4/c1-3-4-11(2)9-18-10-14(17)7-5-12(6-8-14)13(15)16/h11-12,17H,3-10H2,1-2H3,(H,15,16). The molecular weight excluding hydrogens is 232 g/mol. The zero-order chi connectivity index (χ0) is 13.6. The van der Waals surface area contributed by atoms with Crippen molar-refractivity contribution in [3.63, 3.8) is 0 Å². The quantitative estimate of drug-likeness (QED) is 0.736.